The normalized spacial score (nSPS) is 12.5. The lowest BCUT2D eigenvalue weighted by Crippen LogP contribution is -2.07. The molecule has 13 heavy (non-hydrogen) atoms. The first kappa shape index (κ1) is 10.2. The minimum atomic E-state index is -0.0743. The number of ketones is 1. The van der Waals surface area contributed by atoms with Crippen molar-refractivity contribution in [3.63, 3.8) is 0 Å². The SMILES string of the molecule is CCC(=O)C(C)c1ccc(Cl)nc1. The van der Waals surface area contributed by atoms with Gasteiger partial charge in [0.2, 0.25) is 0 Å². The molecule has 0 aromatic carbocycles. The zero-order valence-electron chi connectivity index (χ0n) is 7.75. The average Bonchev–Trinajstić information content (AvgIpc) is 2.17. The molecule has 0 saturated carbocycles. The van der Waals surface area contributed by atoms with Gasteiger partial charge in [0.15, 0.2) is 0 Å². The Morgan fingerprint density at radius 3 is 2.77 bits per heavy atom. The zero-order chi connectivity index (χ0) is 9.84. The molecule has 0 aliphatic carbocycles. The summed E-state index contributed by atoms with van der Waals surface area (Å²) in [5.41, 5.74) is 0.927. The van der Waals surface area contributed by atoms with Gasteiger partial charge in [-0.2, -0.15) is 0 Å². The predicted molar refractivity (Wildman–Crippen MR) is 53.0 cm³/mol. The first-order chi connectivity index (χ1) is 6.15. The lowest BCUT2D eigenvalue weighted by Gasteiger charge is -2.08. The number of hydrogen-bond donors (Lipinski definition) is 0. The molecule has 0 saturated heterocycles. The number of Topliss-reactive ketones (excluding diaryl/α,β-unsaturated/α-hetero) is 1. The molecule has 0 aliphatic heterocycles. The minimum absolute atomic E-state index is 0.0743. The molecule has 0 bridgehead atoms. The third kappa shape index (κ3) is 2.52. The topological polar surface area (TPSA) is 30.0 Å². The number of pyridine rings is 1. The molecule has 1 aromatic rings. The summed E-state index contributed by atoms with van der Waals surface area (Å²) in [5, 5.41) is 0.458. The molecule has 3 heteroatoms. The molecule has 0 fully saturated rings. The summed E-state index contributed by atoms with van der Waals surface area (Å²) in [6.07, 6.45) is 2.21. The van der Waals surface area contributed by atoms with Crippen LogP contribution in [0.1, 0.15) is 31.7 Å². The third-order valence-corrected chi connectivity index (χ3v) is 2.31. The van der Waals surface area contributed by atoms with Gasteiger partial charge in [-0.3, -0.25) is 4.79 Å². The van der Waals surface area contributed by atoms with Gasteiger partial charge in [0.25, 0.3) is 0 Å². The van der Waals surface area contributed by atoms with Crippen molar-refractivity contribution in [1.29, 1.82) is 0 Å². The van der Waals surface area contributed by atoms with Crippen molar-refractivity contribution in [3.8, 4) is 0 Å². The van der Waals surface area contributed by atoms with Gasteiger partial charge in [-0.15, -0.1) is 0 Å². The van der Waals surface area contributed by atoms with E-state index in [1.165, 1.54) is 0 Å². The number of hydrogen-bond acceptors (Lipinski definition) is 2. The molecular formula is C10H12ClNO. The van der Waals surface area contributed by atoms with Gasteiger partial charge in [0.05, 0.1) is 0 Å². The van der Waals surface area contributed by atoms with Gasteiger partial charge in [0.1, 0.15) is 10.9 Å². The van der Waals surface area contributed by atoms with Crippen LogP contribution < -0.4 is 0 Å². The number of carbonyl (C=O) groups is 1. The van der Waals surface area contributed by atoms with Crippen molar-refractivity contribution in [3.05, 3.63) is 29.0 Å². The fourth-order valence-electron chi connectivity index (χ4n) is 1.14. The third-order valence-electron chi connectivity index (χ3n) is 2.08. The van der Waals surface area contributed by atoms with Crippen LogP contribution in [0, 0.1) is 0 Å². The Balaban J connectivity index is 2.83. The van der Waals surface area contributed by atoms with Crippen LogP contribution in [0.25, 0.3) is 0 Å². The molecule has 70 valence electrons. The van der Waals surface area contributed by atoms with Crippen LogP contribution in [0.5, 0.6) is 0 Å². The standard InChI is InChI=1S/C10H12ClNO/c1-3-9(13)7(2)8-4-5-10(11)12-6-8/h4-7H,3H2,1-2H3. The molecular weight excluding hydrogens is 186 g/mol. The van der Waals surface area contributed by atoms with Crippen LogP contribution in [0.15, 0.2) is 18.3 Å². The first-order valence-electron chi connectivity index (χ1n) is 4.29. The summed E-state index contributed by atoms with van der Waals surface area (Å²) >= 11 is 5.63. The highest BCUT2D eigenvalue weighted by molar-refractivity contribution is 6.29. The fourth-order valence-corrected chi connectivity index (χ4v) is 1.25. The first-order valence-corrected chi connectivity index (χ1v) is 4.67. The Labute approximate surface area is 82.9 Å². The summed E-state index contributed by atoms with van der Waals surface area (Å²) < 4.78 is 0. The molecule has 1 unspecified atom stereocenters. The summed E-state index contributed by atoms with van der Waals surface area (Å²) in [6, 6.07) is 3.55. The molecule has 0 spiro atoms. The maximum Gasteiger partial charge on any atom is 0.139 e. The Hall–Kier alpha value is -0.890. The van der Waals surface area contributed by atoms with E-state index >= 15 is 0 Å². The predicted octanol–water partition coefficient (Wildman–Crippen LogP) is 2.82. The van der Waals surface area contributed by atoms with Crippen LogP contribution >= 0.6 is 11.6 Å². The summed E-state index contributed by atoms with van der Waals surface area (Å²) in [5.74, 6) is 0.152. The van der Waals surface area contributed by atoms with E-state index in [1.807, 2.05) is 19.9 Å². The van der Waals surface area contributed by atoms with Gasteiger partial charge < -0.3 is 0 Å². The van der Waals surface area contributed by atoms with Gasteiger partial charge >= 0.3 is 0 Å². The van der Waals surface area contributed by atoms with E-state index in [4.69, 9.17) is 11.6 Å². The van der Waals surface area contributed by atoms with E-state index in [0.29, 0.717) is 11.6 Å². The monoisotopic (exact) mass is 197 g/mol. The molecule has 1 atom stereocenters. The maximum atomic E-state index is 11.3. The maximum absolute atomic E-state index is 11.3. The second kappa shape index (κ2) is 4.38. The number of nitrogens with zero attached hydrogens (tertiary/aromatic N) is 1. The van der Waals surface area contributed by atoms with Crippen molar-refractivity contribution in [2.45, 2.75) is 26.2 Å². The Kier molecular flexibility index (Phi) is 3.43. The highest BCUT2D eigenvalue weighted by atomic mass is 35.5. The quantitative estimate of drug-likeness (QED) is 0.698. The van der Waals surface area contributed by atoms with Gasteiger partial charge in [0, 0.05) is 18.5 Å². The van der Waals surface area contributed by atoms with Crippen molar-refractivity contribution in [1.82, 2.24) is 4.98 Å². The fraction of sp³-hybridized carbons (Fsp3) is 0.400. The molecule has 0 N–H and O–H groups in total. The largest absolute Gasteiger partial charge is 0.299 e. The van der Waals surface area contributed by atoms with Gasteiger partial charge in [-0.25, -0.2) is 4.98 Å². The highest BCUT2D eigenvalue weighted by Gasteiger charge is 2.12. The lowest BCUT2D eigenvalue weighted by molar-refractivity contribution is -0.119. The smallest absolute Gasteiger partial charge is 0.139 e. The van der Waals surface area contributed by atoms with E-state index in [2.05, 4.69) is 4.98 Å². The second-order valence-corrected chi connectivity index (χ2v) is 3.34. The second-order valence-electron chi connectivity index (χ2n) is 2.96. The Morgan fingerprint density at radius 2 is 2.31 bits per heavy atom. The van der Waals surface area contributed by atoms with Crippen LogP contribution in [-0.2, 0) is 4.79 Å². The number of halogens is 1. The van der Waals surface area contributed by atoms with Crippen LogP contribution in [0.3, 0.4) is 0 Å². The molecule has 2 nitrogen and oxygen atoms in total. The molecule has 0 amide bonds. The Morgan fingerprint density at radius 1 is 1.62 bits per heavy atom. The lowest BCUT2D eigenvalue weighted by atomic mass is 9.97. The summed E-state index contributed by atoms with van der Waals surface area (Å²) in [4.78, 5) is 15.3. The molecule has 1 aromatic heterocycles. The van der Waals surface area contributed by atoms with Gasteiger partial charge in [-0.05, 0) is 11.6 Å². The van der Waals surface area contributed by atoms with Crippen LogP contribution in [0.2, 0.25) is 5.15 Å². The van der Waals surface area contributed by atoms with Crippen molar-refractivity contribution in [2.24, 2.45) is 0 Å². The summed E-state index contributed by atoms with van der Waals surface area (Å²) in [6.45, 7) is 3.75. The number of carbonyl (C=O) groups excluding carboxylic acids is 1. The van der Waals surface area contributed by atoms with Crippen LogP contribution in [0.4, 0.5) is 0 Å². The molecule has 1 rings (SSSR count). The van der Waals surface area contributed by atoms with Crippen molar-refractivity contribution in [2.75, 3.05) is 0 Å². The average molecular weight is 198 g/mol. The molecule has 1 heterocycles. The number of rotatable bonds is 3. The van der Waals surface area contributed by atoms with E-state index in [1.54, 1.807) is 12.3 Å². The minimum Gasteiger partial charge on any atom is -0.299 e. The molecule has 0 radical (unpaired) electrons. The zero-order valence-corrected chi connectivity index (χ0v) is 8.51. The van der Waals surface area contributed by atoms with E-state index < -0.39 is 0 Å². The molecule has 0 aliphatic rings. The summed E-state index contributed by atoms with van der Waals surface area (Å²) in [7, 11) is 0. The van der Waals surface area contributed by atoms with Crippen molar-refractivity contribution < 1.29 is 4.79 Å². The van der Waals surface area contributed by atoms with Gasteiger partial charge in [-0.1, -0.05) is 31.5 Å². The van der Waals surface area contributed by atoms with Crippen molar-refractivity contribution >= 4 is 17.4 Å². The van der Waals surface area contributed by atoms with E-state index in [0.717, 1.165) is 5.56 Å². The van der Waals surface area contributed by atoms with E-state index in [-0.39, 0.29) is 11.7 Å². The number of aromatic nitrogens is 1. The highest BCUT2D eigenvalue weighted by Crippen LogP contribution is 2.17. The van der Waals surface area contributed by atoms with E-state index in [9.17, 15) is 4.79 Å². The Bertz CT molecular complexity index is 294. The van der Waals surface area contributed by atoms with Crippen LogP contribution in [-0.4, -0.2) is 10.8 Å².